The smallest absolute Gasteiger partial charge is 0.318 e. The molecule has 1 unspecified atom stereocenters. The number of ether oxygens (including phenoxy) is 1. The Labute approximate surface area is 118 Å². The molecule has 0 fully saturated rings. The highest BCUT2D eigenvalue weighted by Gasteiger charge is 2.26. The van der Waals surface area contributed by atoms with Gasteiger partial charge in [-0.3, -0.25) is 4.79 Å². The van der Waals surface area contributed by atoms with E-state index in [0.29, 0.717) is 36.4 Å². The van der Waals surface area contributed by atoms with Gasteiger partial charge >= 0.3 is 5.97 Å². The zero-order valence-corrected chi connectivity index (χ0v) is 12.8. The molecule has 0 aliphatic heterocycles. The maximum atomic E-state index is 11.7. The Morgan fingerprint density at radius 1 is 1.42 bits per heavy atom. The molecule has 19 heavy (non-hydrogen) atoms. The molecule has 0 bridgehead atoms. The molecule has 5 nitrogen and oxygen atoms in total. The van der Waals surface area contributed by atoms with Gasteiger partial charge in [0.15, 0.2) is 5.82 Å². The third kappa shape index (κ3) is 5.22. The molecule has 1 heterocycles. The van der Waals surface area contributed by atoms with Crippen LogP contribution in [-0.2, 0) is 15.3 Å². The van der Waals surface area contributed by atoms with E-state index < -0.39 is 5.92 Å². The first kappa shape index (κ1) is 16.0. The summed E-state index contributed by atoms with van der Waals surface area (Å²) in [6, 6.07) is 0. The molecule has 0 aliphatic carbocycles. The van der Waals surface area contributed by atoms with Crippen LogP contribution in [0.5, 0.6) is 0 Å². The van der Waals surface area contributed by atoms with Crippen molar-refractivity contribution in [2.24, 2.45) is 5.92 Å². The Morgan fingerprint density at radius 3 is 2.74 bits per heavy atom. The molecule has 1 rings (SSSR count). The Morgan fingerprint density at radius 2 is 2.16 bits per heavy atom. The predicted molar refractivity (Wildman–Crippen MR) is 75.0 cm³/mol. The zero-order chi connectivity index (χ0) is 14.3. The number of hydrogen-bond acceptors (Lipinski definition) is 6. The van der Waals surface area contributed by atoms with Gasteiger partial charge in [0.05, 0.1) is 12.4 Å². The van der Waals surface area contributed by atoms with Gasteiger partial charge in [-0.05, 0) is 25.0 Å². The van der Waals surface area contributed by atoms with Crippen LogP contribution in [0.15, 0.2) is 4.52 Å². The summed E-state index contributed by atoms with van der Waals surface area (Å²) in [6.45, 7) is 8.39. The van der Waals surface area contributed by atoms with Crippen LogP contribution in [-0.4, -0.2) is 28.5 Å². The van der Waals surface area contributed by atoms with Crippen molar-refractivity contribution in [3.63, 3.8) is 0 Å². The second-order valence-corrected chi connectivity index (χ2v) is 5.70. The lowest BCUT2D eigenvalue weighted by molar-refractivity contribution is -0.145. The van der Waals surface area contributed by atoms with E-state index in [1.807, 2.05) is 6.92 Å². The number of aromatic nitrogens is 2. The molecule has 1 atom stereocenters. The number of rotatable bonds is 8. The summed E-state index contributed by atoms with van der Waals surface area (Å²) in [7, 11) is 0. The minimum absolute atomic E-state index is 0.296. The van der Waals surface area contributed by atoms with E-state index in [1.54, 1.807) is 18.7 Å². The number of carbonyl (C=O) groups excluding carboxylic acids is 1. The van der Waals surface area contributed by atoms with E-state index in [-0.39, 0.29) is 5.97 Å². The first-order valence-corrected chi connectivity index (χ1v) is 7.80. The van der Waals surface area contributed by atoms with Crippen LogP contribution >= 0.6 is 11.8 Å². The molecule has 0 amide bonds. The maximum Gasteiger partial charge on any atom is 0.318 e. The average Bonchev–Trinajstić information content (AvgIpc) is 2.78. The molecular formula is C13H22N2O3S. The van der Waals surface area contributed by atoms with E-state index >= 15 is 0 Å². The van der Waals surface area contributed by atoms with Gasteiger partial charge in [-0.2, -0.15) is 16.7 Å². The van der Waals surface area contributed by atoms with Crippen molar-refractivity contribution in [3.05, 3.63) is 11.7 Å². The lowest BCUT2D eigenvalue weighted by Gasteiger charge is -2.08. The Hall–Kier alpha value is -1.04. The fraction of sp³-hybridized carbons (Fsp3) is 0.769. The van der Waals surface area contributed by atoms with Gasteiger partial charge in [0.2, 0.25) is 5.89 Å². The zero-order valence-electron chi connectivity index (χ0n) is 12.0. The normalized spacial score (nSPS) is 12.7. The fourth-order valence-electron chi connectivity index (χ4n) is 1.54. The molecule has 0 N–H and O–H groups in total. The topological polar surface area (TPSA) is 65.2 Å². The van der Waals surface area contributed by atoms with Crippen LogP contribution in [0.3, 0.4) is 0 Å². The van der Waals surface area contributed by atoms with Crippen LogP contribution in [0, 0.1) is 5.92 Å². The second-order valence-electron chi connectivity index (χ2n) is 4.67. The van der Waals surface area contributed by atoms with Gasteiger partial charge in [0.1, 0.15) is 5.92 Å². The molecule has 108 valence electrons. The minimum atomic E-state index is -0.448. The summed E-state index contributed by atoms with van der Waals surface area (Å²) in [4.78, 5) is 16.0. The van der Waals surface area contributed by atoms with Gasteiger partial charge in [-0.15, -0.1) is 0 Å². The summed E-state index contributed by atoms with van der Waals surface area (Å²) in [5.41, 5.74) is 0. The molecule has 1 aromatic rings. The Bertz CT molecular complexity index is 393. The van der Waals surface area contributed by atoms with Crippen molar-refractivity contribution in [3.8, 4) is 0 Å². The first-order valence-electron chi connectivity index (χ1n) is 6.65. The molecule has 0 saturated heterocycles. The highest BCUT2D eigenvalue weighted by molar-refractivity contribution is 7.98. The first-order chi connectivity index (χ1) is 9.08. The van der Waals surface area contributed by atoms with Crippen LogP contribution in [0.4, 0.5) is 0 Å². The summed E-state index contributed by atoms with van der Waals surface area (Å²) in [6.07, 6.45) is 0.597. The van der Waals surface area contributed by atoms with Gasteiger partial charge < -0.3 is 9.26 Å². The van der Waals surface area contributed by atoms with Crippen LogP contribution in [0.2, 0.25) is 0 Å². The Kier molecular flexibility index (Phi) is 6.91. The summed E-state index contributed by atoms with van der Waals surface area (Å²) < 4.78 is 10.2. The number of nitrogens with zero attached hydrogens (tertiary/aromatic N) is 2. The van der Waals surface area contributed by atoms with Gasteiger partial charge in [-0.1, -0.05) is 25.9 Å². The average molecular weight is 286 g/mol. The van der Waals surface area contributed by atoms with E-state index in [4.69, 9.17) is 9.26 Å². The summed E-state index contributed by atoms with van der Waals surface area (Å²) in [5, 5.41) is 3.91. The third-order valence-corrected chi connectivity index (χ3v) is 3.81. The molecular weight excluding hydrogens is 264 g/mol. The van der Waals surface area contributed by atoms with Crippen molar-refractivity contribution in [1.29, 1.82) is 0 Å². The molecule has 0 spiro atoms. The molecule has 6 heteroatoms. The maximum absolute atomic E-state index is 11.7. The van der Waals surface area contributed by atoms with Crippen molar-refractivity contribution in [1.82, 2.24) is 10.1 Å². The van der Waals surface area contributed by atoms with Gasteiger partial charge in [0, 0.05) is 0 Å². The highest BCUT2D eigenvalue weighted by Crippen LogP contribution is 2.21. The van der Waals surface area contributed by atoms with Crippen molar-refractivity contribution >= 4 is 17.7 Å². The number of thioether (sulfide) groups is 1. The predicted octanol–water partition coefficient (Wildman–Crippen LogP) is 3.02. The minimum Gasteiger partial charge on any atom is -0.465 e. The SMILES string of the molecule is CCOC(=O)C(CC)c1nc(CSCC(C)C)no1. The van der Waals surface area contributed by atoms with Gasteiger partial charge in [-0.25, -0.2) is 0 Å². The molecule has 0 aromatic carbocycles. The number of hydrogen-bond donors (Lipinski definition) is 0. The highest BCUT2D eigenvalue weighted by atomic mass is 32.2. The third-order valence-electron chi connectivity index (χ3n) is 2.44. The molecule has 0 radical (unpaired) electrons. The van der Waals surface area contributed by atoms with Crippen molar-refractivity contribution < 1.29 is 14.1 Å². The molecule has 0 saturated carbocycles. The van der Waals surface area contributed by atoms with Crippen LogP contribution < -0.4 is 0 Å². The van der Waals surface area contributed by atoms with E-state index in [9.17, 15) is 4.79 Å². The standard InChI is InChI=1S/C13H22N2O3S/c1-5-10(13(16)17-6-2)12-14-11(15-18-12)8-19-7-9(3)4/h9-10H,5-8H2,1-4H3. The van der Waals surface area contributed by atoms with Crippen LogP contribution in [0.1, 0.15) is 51.7 Å². The fourth-order valence-corrected chi connectivity index (χ4v) is 2.43. The van der Waals surface area contributed by atoms with E-state index in [2.05, 4.69) is 24.0 Å². The monoisotopic (exact) mass is 286 g/mol. The second kappa shape index (κ2) is 8.19. The lowest BCUT2D eigenvalue weighted by atomic mass is 10.1. The quantitative estimate of drug-likeness (QED) is 0.684. The van der Waals surface area contributed by atoms with Crippen molar-refractivity contribution in [2.75, 3.05) is 12.4 Å². The van der Waals surface area contributed by atoms with Crippen LogP contribution in [0.25, 0.3) is 0 Å². The molecule has 0 aliphatic rings. The lowest BCUT2D eigenvalue weighted by Crippen LogP contribution is -2.15. The van der Waals surface area contributed by atoms with E-state index in [0.717, 1.165) is 5.75 Å². The largest absolute Gasteiger partial charge is 0.465 e. The Balaban J connectivity index is 2.58. The number of carbonyl (C=O) groups is 1. The summed E-state index contributed by atoms with van der Waals surface area (Å²) >= 11 is 1.76. The molecule has 1 aromatic heterocycles. The van der Waals surface area contributed by atoms with Gasteiger partial charge in [0.25, 0.3) is 0 Å². The summed E-state index contributed by atoms with van der Waals surface area (Å²) in [5.74, 6) is 2.66. The number of esters is 1. The van der Waals surface area contributed by atoms with Crippen molar-refractivity contribution in [2.45, 2.75) is 45.8 Å². The van der Waals surface area contributed by atoms with E-state index in [1.165, 1.54) is 0 Å².